The standard InChI is InChI=1S/C23H26N2O6S/c1-14-7-9-17(10-8-14)32(28,29)25-19-13-18(24-22(27)31-23(3,4)5)15(2)11-16(19)12-20(25)21(26)30-6/h7-13H,1-6H3,(H,24,27). The van der Waals surface area contributed by atoms with Crippen molar-refractivity contribution >= 4 is 38.7 Å². The summed E-state index contributed by atoms with van der Waals surface area (Å²) in [5.41, 5.74) is 1.31. The topological polar surface area (TPSA) is 104 Å². The number of fused-ring (bicyclic) bond motifs is 1. The van der Waals surface area contributed by atoms with Crippen molar-refractivity contribution in [3.63, 3.8) is 0 Å². The van der Waals surface area contributed by atoms with E-state index in [0.717, 1.165) is 9.54 Å². The van der Waals surface area contributed by atoms with Gasteiger partial charge in [-0.3, -0.25) is 5.32 Å². The van der Waals surface area contributed by atoms with Crippen molar-refractivity contribution in [2.45, 2.75) is 45.1 Å². The molecule has 3 rings (SSSR count). The summed E-state index contributed by atoms with van der Waals surface area (Å²) in [5, 5.41) is 3.16. The van der Waals surface area contributed by atoms with Crippen LogP contribution in [0.1, 0.15) is 42.4 Å². The fourth-order valence-corrected chi connectivity index (χ4v) is 4.71. The molecule has 8 nitrogen and oxygen atoms in total. The zero-order valence-electron chi connectivity index (χ0n) is 18.8. The molecule has 0 radical (unpaired) electrons. The maximum atomic E-state index is 13.5. The number of hydrogen-bond donors (Lipinski definition) is 1. The molecule has 0 atom stereocenters. The smallest absolute Gasteiger partial charge is 0.412 e. The van der Waals surface area contributed by atoms with E-state index in [9.17, 15) is 18.0 Å². The Labute approximate surface area is 187 Å². The first-order valence-electron chi connectivity index (χ1n) is 9.90. The number of hydrogen-bond acceptors (Lipinski definition) is 6. The average molecular weight is 459 g/mol. The Kier molecular flexibility index (Phi) is 6.06. The fraction of sp³-hybridized carbons (Fsp3) is 0.304. The summed E-state index contributed by atoms with van der Waals surface area (Å²) in [6, 6.07) is 11.0. The highest BCUT2D eigenvalue weighted by molar-refractivity contribution is 7.90. The van der Waals surface area contributed by atoms with Crippen LogP contribution in [-0.4, -0.2) is 37.2 Å². The minimum Gasteiger partial charge on any atom is -0.464 e. The van der Waals surface area contributed by atoms with Crippen molar-refractivity contribution in [2.24, 2.45) is 0 Å². The highest BCUT2D eigenvalue weighted by Gasteiger charge is 2.28. The van der Waals surface area contributed by atoms with E-state index in [2.05, 4.69) is 5.32 Å². The van der Waals surface area contributed by atoms with Crippen LogP contribution in [0.5, 0.6) is 0 Å². The molecule has 0 aliphatic heterocycles. The molecule has 0 unspecified atom stereocenters. The van der Waals surface area contributed by atoms with E-state index in [4.69, 9.17) is 9.47 Å². The largest absolute Gasteiger partial charge is 0.464 e. The zero-order valence-corrected chi connectivity index (χ0v) is 19.7. The minimum atomic E-state index is -4.14. The molecule has 0 spiro atoms. The predicted molar refractivity (Wildman–Crippen MR) is 122 cm³/mol. The van der Waals surface area contributed by atoms with Crippen molar-refractivity contribution in [1.82, 2.24) is 3.97 Å². The van der Waals surface area contributed by atoms with Gasteiger partial charge in [0.05, 0.1) is 17.5 Å². The summed E-state index contributed by atoms with van der Waals surface area (Å²) >= 11 is 0. The second-order valence-corrected chi connectivity index (χ2v) is 10.2. The molecule has 1 amide bonds. The van der Waals surface area contributed by atoms with E-state index in [1.807, 2.05) is 6.92 Å². The van der Waals surface area contributed by atoms with E-state index in [0.29, 0.717) is 16.6 Å². The van der Waals surface area contributed by atoms with Crippen molar-refractivity contribution in [3.8, 4) is 0 Å². The van der Waals surface area contributed by atoms with E-state index in [-0.39, 0.29) is 16.1 Å². The van der Waals surface area contributed by atoms with Crippen molar-refractivity contribution < 1.29 is 27.5 Å². The van der Waals surface area contributed by atoms with Gasteiger partial charge in [0.15, 0.2) is 0 Å². The molecule has 2 aromatic carbocycles. The lowest BCUT2D eigenvalue weighted by molar-refractivity contribution is 0.0591. The Bertz CT molecular complexity index is 1300. The Balaban J connectivity index is 2.22. The lowest BCUT2D eigenvalue weighted by Crippen LogP contribution is -2.27. The van der Waals surface area contributed by atoms with E-state index in [1.54, 1.807) is 45.9 Å². The first-order valence-corrected chi connectivity index (χ1v) is 11.3. The van der Waals surface area contributed by atoms with Crippen LogP contribution in [0.2, 0.25) is 0 Å². The van der Waals surface area contributed by atoms with Gasteiger partial charge in [-0.25, -0.2) is 22.0 Å². The van der Waals surface area contributed by atoms with Crippen LogP contribution in [0.3, 0.4) is 0 Å². The zero-order chi connectivity index (χ0) is 23.8. The van der Waals surface area contributed by atoms with Crippen LogP contribution >= 0.6 is 0 Å². The number of nitrogens with one attached hydrogen (secondary N) is 1. The first-order chi connectivity index (χ1) is 14.8. The Morgan fingerprint density at radius 1 is 1.00 bits per heavy atom. The summed E-state index contributed by atoms with van der Waals surface area (Å²) in [6.45, 7) is 8.83. The molecule has 1 aromatic heterocycles. The lowest BCUT2D eigenvalue weighted by atomic mass is 10.1. The Morgan fingerprint density at radius 2 is 1.62 bits per heavy atom. The number of aromatic nitrogens is 1. The van der Waals surface area contributed by atoms with Crippen LogP contribution < -0.4 is 5.32 Å². The number of carbonyl (C=O) groups is 2. The highest BCUT2D eigenvalue weighted by atomic mass is 32.2. The molecule has 170 valence electrons. The fourth-order valence-electron chi connectivity index (χ4n) is 3.22. The average Bonchev–Trinajstić information content (AvgIpc) is 3.05. The van der Waals surface area contributed by atoms with Crippen LogP contribution in [0.4, 0.5) is 10.5 Å². The molecule has 0 aliphatic rings. The maximum Gasteiger partial charge on any atom is 0.412 e. The molecule has 0 saturated heterocycles. The van der Waals surface area contributed by atoms with Gasteiger partial charge < -0.3 is 9.47 Å². The molecule has 0 saturated carbocycles. The molecular weight excluding hydrogens is 432 g/mol. The summed E-state index contributed by atoms with van der Waals surface area (Å²) in [6.07, 6.45) is -0.673. The number of amides is 1. The van der Waals surface area contributed by atoms with Crippen LogP contribution in [0.25, 0.3) is 10.9 Å². The monoisotopic (exact) mass is 458 g/mol. The van der Waals surface area contributed by atoms with Crippen molar-refractivity contribution in [2.75, 3.05) is 12.4 Å². The quantitative estimate of drug-likeness (QED) is 0.572. The SMILES string of the molecule is COC(=O)c1cc2cc(C)c(NC(=O)OC(C)(C)C)cc2n1S(=O)(=O)c1ccc(C)cc1. The second-order valence-electron chi connectivity index (χ2n) is 8.46. The van der Waals surface area contributed by atoms with Gasteiger partial charge in [0, 0.05) is 11.1 Å². The number of esters is 1. The first kappa shape index (κ1) is 23.3. The second kappa shape index (κ2) is 8.31. The normalized spacial score (nSPS) is 11.9. The van der Waals surface area contributed by atoms with Gasteiger partial charge in [0.25, 0.3) is 10.0 Å². The summed E-state index contributed by atoms with van der Waals surface area (Å²) in [5.74, 6) is -0.795. The number of aryl methyl sites for hydroxylation is 2. The van der Waals surface area contributed by atoms with Gasteiger partial charge in [0.2, 0.25) is 0 Å². The molecular formula is C23H26N2O6S. The third kappa shape index (κ3) is 4.62. The Hall–Kier alpha value is -3.33. The van der Waals surface area contributed by atoms with Gasteiger partial charge in [-0.2, -0.15) is 0 Å². The van der Waals surface area contributed by atoms with Gasteiger partial charge in [0.1, 0.15) is 11.3 Å². The molecule has 1 N–H and O–H groups in total. The summed E-state index contributed by atoms with van der Waals surface area (Å²) in [7, 11) is -2.96. The molecule has 0 aliphatic carbocycles. The maximum absolute atomic E-state index is 13.5. The van der Waals surface area contributed by atoms with E-state index in [1.165, 1.54) is 31.4 Å². The van der Waals surface area contributed by atoms with Gasteiger partial charge in [-0.1, -0.05) is 17.7 Å². The van der Waals surface area contributed by atoms with Crippen LogP contribution in [0.15, 0.2) is 47.4 Å². The van der Waals surface area contributed by atoms with Crippen molar-refractivity contribution in [3.05, 3.63) is 59.3 Å². The van der Waals surface area contributed by atoms with E-state index >= 15 is 0 Å². The van der Waals surface area contributed by atoms with Gasteiger partial charge in [-0.15, -0.1) is 0 Å². The number of nitrogens with zero attached hydrogens (tertiary/aromatic N) is 1. The molecule has 0 bridgehead atoms. The third-order valence-corrected chi connectivity index (χ3v) is 6.43. The number of benzene rings is 2. The van der Waals surface area contributed by atoms with Crippen LogP contribution in [0, 0.1) is 13.8 Å². The summed E-state index contributed by atoms with van der Waals surface area (Å²) in [4.78, 5) is 24.7. The number of methoxy groups -OCH3 is 1. The minimum absolute atomic E-state index is 0.0213. The molecule has 3 aromatic rings. The lowest BCUT2D eigenvalue weighted by Gasteiger charge is -2.20. The van der Waals surface area contributed by atoms with Gasteiger partial charge >= 0.3 is 12.1 Å². The Morgan fingerprint density at radius 3 is 2.19 bits per heavy atom. The number of ether oxygens (including phenoxy) is 2. The van der Waals surface area contributed by atoms with Crippen LogP contribution in [-0.2, 0) is 19.5 Å². The number of rotatable bonds is 4. The van der Waals surface area contributed by atoms with Crippen molar-refractivity contribution in [1.29, 1.82) is 0 Å². The van der Waals surface area contributed by atoms with Gasteiger partial charge in [-0.05, 0) is 70.5 Å². The van der Waals surface area contributed by atoms with E-state index < -0.39 is 27.7 Å². The molecule has 0 fully saturated rings. The number of anilines is 1. The molecule has 9 heteroatoms. The predicted octanol–water partition coefficient (Wildman–Crippen LogP) is 4.63. The summed E-state index contributed by atoms with van der Waals surface area (Å²) < 4.78 is 38.1. The molecule has 32 heavy (non-hydrogen) atoms. The molecule has 1 heterocycles. The number of carbonyl (C=O) groups excluding carboxylic acids is 2. The highest BCUT2D eigenvalue weighted by Crippen LogP contribution is 2.31. The third-order valence-electron chi connectivity index (χ3n) is 4.69.